The molecule has 2 heterocycles. The van der Waals surface area contributed by atoms with Crippen molar-refractivity contribution in [3.05, 3.63) is 65.9 Å². The van der Waals surface area contributed by atoms with Crippen molar-refractivity contribution in [3.63, 3.8) is 0 Å². The molecule has 5 heteroatoms. The van der Waals surface area contributed by atoms with E-state index in [9.17, 15) is 0 Å². The van der Waals surface area contributed by atoms with Gasteiger partial charge in [-0.15, -0.1) is 0 Å². The summed E-state index contributed by atoms with van der Waals surface area (Å²) in [4.78, 5) is 13.1. The molecular weight excluding hydrogens is 262 g/mol. The van der Waals surface area contributed by atoms with E-state index in [2.05, 4.69) is 34.0 Å². The minimum Gasteiger partial charge on any atom is -0.383 e. The van der Waals surface area contributed by atoms with Gasteiger partial charge in [-0.3, -0.25) is 4.57 Å². The topological polar surface area (TPSA) is 69.6 Å². The molecule has 0 aliphatic carbocycles. The number of nitrogen functional groups attached to an aromatic ring is 1. The molecule has 0 saturated heterocycles. The number of rotatable bonds is 4. The van der Waals surface area contributed by atoms with Crippen molar-refractivity contribution in [3.8, 4) is 5.95 Å². The first-order chi connectivity index (χ1) is 10.3. The fourth-order valence-electron chi connectivity index (χ4n) is 2.35. The third-order valence-electron chi connectivity index (χ3n) is 3.42. The second-order valence-corrected chi connectivity index (χ2v) is 4.82. The Bertz CT molecular complexity index is 720. The van der Waals surface area contributed by atoms with Gasteiger partial charge < -0.3 is 5.73 Å². The van der Waals surface area contributed by atoms with Crippen molar-refractivity contribution in [1.82, 2.24) is 19.5 Å². The number of nitrogens with two attached hydrogens (primary N) is 1. The van der Waals surface area contributed by atoms with E-state index in [4.69, 9.17) is 5.73 Å². The Morgan fingerprint density at radius 1 is 1.14 bits per heavy atom. The monoisotopic (exact) mass is 279 g/mol. The van der Waals surface area contributed by atoms with Crippen LogP contribution in [0.25, 0.3) is 5.95 Å². The predicted octanol–water partition coefficient (Wildman–Crippen LogP) is 2.40. The molecule has 3 rings (SSSR count). The minimum absolute atomic E-state index is 0.544. The Kier molecular flexibility index (Phi) is 3.64. The van der Waals surface area contributed by atoms with E-state index in [1.807, 2.05) is 24.4 Å². The molecule has 106 valence electrons. The van der Waals surface area contributed by atoms with Gasteiger partial charge in [-0.05, 0) is 12.0 Å². The van der Waals surface area contributed by atoms with E-state index >= 15 is 0 Å². The maximum atomic E-state index is 6.11. The summed E-state index contributed by atoms with van der Waals surface area (Å²) in [6, 6.07) is 10.3. The number of imidazole rings is 1. The highest BCUT2D eigenvalue weighted by Gasteiger charge is 2.12. The molecule has 0 spiro atoms. The molecule has 1 aromatic carbocycles. The maximum absolute atomic E-state index is 6.11. The van der Waals surface area contributed by atoms with Gasteiger partial charge in [0.15, 0.2) is 0 Å². The number of anilines is 1. The summed E-state index contributed by atoms with van der Waals surface area (Å²) in [5, 5.41) is 0. The van der Waals surface area contributed by atoms with Crippen LogP contribution in [-0.2, 0) is 12.8 Å². The third-order valence-corrected chi connectivity index (χ3v) is 3.42. The normalized spacial score (nSPS) is 10.7. The molecule has 0 radical (unpaired) electrons. The fraction of sp³-hybridized carbons (Fsp3) is 0.188. The van der Waals surface area contributed by atoms with Crippen LogP contribution in [0.1, 0.15) is 23.7 Å². The summed E-state index contributed by atoms with van der Waals surface area (Å²) in [5.41, 5.74) is 9.31. The third kappa shape index (κ3) is 2.76. The first-order valence-corrected chi connectivity index (χ1v) is 6.95. The molecule has 3 aromatic rings. The van der Waals surface area contributed by atoms with Crippen molar-refractivity contribution in [2.45, 2.75) is 19.8 Å². The largest absolute Gasteiger partial charge is 0.383 e. The van der Waals surface area contributed by atoms with Gasteiger partial charge >= 0.3 is 0 Å². The molecular formula is C16H17N5. The predicted molar refractivity (Wildman–Crippen MR) is 82.2 cm³/mol. The van der Waals surface area contributed by atoms with Crippen LogP contribution in [0.2, 0.25) is 0 Å². The van der Waals surface area contributed by atoms with E-state index in [1.54, 1.807) is 17.1 Å². The van der Waals surface area contributed by atoms with Crippen LogP contribution in [0, 0.1) is 0 Å². The highest BCUT2D eigenvalue weighted by molar-refractivity contribution is 5.46. The first kappa shape index (κ1) is 13.3. The molecule has 0 amide bonds. The van der Waals surface area contributed by atoms with Gasteiger partial charge in [0.05, 0.1) is 5.69 Å². The van der Waals surface area contributed by atoms with Gasteiger partial charge in [0.25, 0.3) is 0 Å². The van der Waals surface area contributed by atoms with Crippen molar-refractivity contribution in [2.75, 3.05) is 5.73 Å². The van der Waals surface area contributed by atoms with Crippen LogP contribution >= 0.6 is 0 Å². The Labute approximate surface area is 123 Å². The average Bonchev–Trinajstić information content (AvgIpc) is 3.02. The standard InChI is InChI=1S/C16H17N5/c1-2-13-14(10-12-6-4-3-5-7-12)19-16(20-15(13)17)21-9-8-18-11-21/h3-9,11H,2,10H2,1H3,(H2,17,19,20). The smallest absolute Gasteiger partial charge is 0.237 e. The fourth-order valence-corrected chi connectivity index (χ4v) is 2.35. The van der Waals surface area contributed by atoms with E-state index in [1.165, 1.54) is 5.56 Å². The van der Waals surface area contributed by atoms with Crippen LogP contribution in [-0.4, -0.2) is 19.5 Å². The van der Waals surface area contributed by atoms with Gasteiger partial charge in [-0.25, -0.2) is 9.97 Å². The molecule has 5 nitrogen and oxygen atoms in total. The van der Waals surface area contributed by atoms with Crippen LogP contribution in [0.3, 0.4) is 0 Å². The second kappa shape index (κ2) is 5.75. The quantitative estimate of drug-likeness (QED) is 0.796. The lowest BCUT2D eigenvalue weighted by atomic mass is 10.0. The molecule has 0 atom stereocenters. The summed E-state index contributed by atoms with van der Waals surface area (Å²) in [5.74, 6) is 1.11. The van der Waals surface area contributed by atoms with E-state index < -0.39 is 0 Å². The molecule has 0 unspecified atom stereocenters. The van der Waals surface area contributed by atoms with Gasteiger partial charge in [-0.2, -0.15) is 4.98 Å². The Hall–Kier alpha value is -2.69. The van der Waals surface area contributed by atoms with Crippen LogP contribution in [0.5, 0.6) is 0 Å². The van der Waals surface area contributed by atoms with Gasteiger partial charge in [0, 0.05) is 24.4 Å². The van der Waals surface area contributed by atoms with Crippen molar-refractivity contribution < 1.29 is 0 Å². The summed E-state index contributed by atoms with van der Waals surface area (Å²) in [6.45, 7) is 2.07. The molecule has 0 bridgehead atoms. The molecule has 0 saturated carbocycles. The lowest BCUT2D eigenvalue weighted by molar-refractivity contribution is 0.872. The number of hydrogen-bond acceptors (Lipinski definition) is 4. The first-order valence-electron chi connectivity index (χ1n) is 6.95. The zero-order chi connectivity index (χ0) is 14.7. The van der Waals surface area contributed by atoms with Crippen LogP contribution in [0.15, 0.2) is 49.1 Å². The highest BCUT2D eigenvalue weighted by Crippen LogP contribution is 2.19. The van der Waals surface area contributed by atoms with E-state index in [0.717, 1.165) is 24.1 Å². The number of benzene rings is 1. The molecule has 0 aliphatic rings. The van der Waals surface area contributed by atoms with Gasteiger partial charge in [-0.1, -0.05) is 37.3 Å². The maximum Gasteiger partial charge on any atom is 0.237 e. The van der Waals surface area contributed by atoms with Gasteiger partial charge in [0.2, 0.25) is 5.95 Å². The van der Waals surface area contributed by atoms with E-state index in [0.29, 0.717) is 11.8 Å². The SMILES string of the molecule is CCc1c(N)nc(-n2ccnc2)nc1Cc1ccccc1. The zero-order valence-corrected chi connectivity index (χ0v) is 11.9. The molecule has 2 N–H and O–H groups in total. The van der Waals surface area contributed by atoms with E-state index in [-0.39, 0.29) is 0 Å². The van der Waals surface area contributed by atoms with Crippen LogP contribution < -0.4 is 5.73 Å². The summed E-state index contributed by atoms with van der Waals surface area (Å²) < 4.78 is 1.77. The highest BCUT2D eigenvalue weighted by atomic mass is 15.2. The lowest BCUT2D eigenvalue weighted by Crippen LogP contribution is -2.10. The Balaban J connectivity index is 2.05. The Morgan fingerprint density at radius 2 is 1.95 bits per heavy atom. The van der Waals surface area contributed by atoms with Crippen molar-refractivity contribution in [2.24, 2.45) is 0 Å². The van der Waals surface area contributed by atoms with Gasteiger partial charge in [0.1, 0.15) is 12.1 Å². The molecule has 21 heavy (non-hydrogen) atoms. The number of aromatic nitrogens is 4. The van der Waals surface area contributed by atoms with Crippen molar-refractivity contribution in [1.29, 1.82) is 0 Å². The summed E-state index contributed by atoms with van der Waals surface area (Å²) in [6.07, 6.45) is 6.75. The summed E-state index contributed by atoms with van der Waals surface area (Å²) in [7, 11) is 0. The number of hydrogen-bond donors (Lipinski definition) is 1. The minimum atomic E-state index is 0.544. The Morgan fingerprint density at radius 3 is 2.62 bits per heavy atom. The number of nitrogens with zero attached hydrogens (tertiary/aromatic N) is 4. The summed E-state index contributed by atoms with van der Waals surface area (Å²) >= 11 is 0. The second-order valence-electron chi connectivity index (χ2n) is 4.82. The lowest BCUT2D eigenvalue weighted by Gasteiger charge is -2.12. The zero-order valence-electron chi connectivity index (χ0n) is 11.9. The molecule has 2 aromatic heterocycles. The molecule has 0 aliphatic heterocycles. The average molecular weight is 279 g/mol. The van der Waals surface area contributed by atoms with Crippen LogP contribution in [0.4, 0.5) is 5.82 Å². The van der Waals surface area contributed by atoms with Crippen molar-refractivity contribution >= 4 is 5.82 Å². The molecule has 0 fully saturated rings.